The number of benzene rings is 1. The Labute approximate surface area is 178 Å². The van der Waals surface area contributed by atoms with E-state index in [9.17, 15) is 9.18 Å². The summed E-state index contributed by atoms with van der Waals surface area (Å²) in [7, 11) is 1.87. The molecule has 3 aromatic rings. The van der Waals surface area contributed by atoms with Gasteiger partial charge in [0, 0.05) is 35.4 Å². The first-order valence-electron chi connectivity index (χ1n) is 10.1. The molecule has 1 aromatic carbocycles. The molecule has 2 aromatic heterocycles. The number of rotatable bonds is 2. The van der Waals surface area contributed by atoms with Gasteiger partial charge in [0.1, 0.15) is 11.6 Å². The van der Waals surface area contributed by atoms with Crippen molar-refractivity contribution >= 4 is 17.5 Å². The van der Waals surface area contributed by atoms with E-state index in [1.807, 2.05) is 25.1 Å². The van der Waals surface area contributed by atoms with Gasteiger partial charge in [-0.15, -0.1) is 0 Å². The summed E-state index contributed by atoms with van der Waals surface area (Å²) in [5.74, 6) is -0.239. The number of fused-ring (bicyclic) bond motifs is 4. The third-order valence-corrected chi connectivity index (χ3v) is 6.26. The lowest BCUT2D eigenvalue weighted by atomic mass is 9.81. The Morgan fingerprint density at radius 3 is 2.83 bits per heavy atom. The molecule has 8 heteroatoms. The van der Waals surface area contributed by atoms with E-state index in [-0.39, 0.29) is 28.6 Å². The van der Waals surface area contributed by atoms with Crippen LogP contribution in [-0.2, 0) is 13.5 Å². The third-order valence-electron chi connectivity index (χ3n) is 6.02. The smallest absolute Gasteiger partial charge is 0.257 e. The lowest BCUT2D eigenvalue weighted by Gasteiger charge is -2.46. The van der Waals surface area contributed by atoms with Crippen LogP contribution < -0.4 is 0 Å². The summed E-state index contributed by atoms with van der Waals surface area (Å²) >= 11 is 5.88. The highest BCUT2D eigenvalue weighted by Gasteiger charge is 2.43. The van der Waals surface area contributed by atoms with Crippen molar-refractivity contribution in [1.29, 1.82) is 0 Å². The summed E-state index contributed by atoms with van der Waals surface area (Å²) in [6, 6.07) is 4.01. The van der Waals surface area contributed by atoms with E-state index in [0.717, 1.165) is 41.8 Å². The van der Waals surface area contributed by atoms with E-state index in [1.54, 1.807) is 16.9 Å². The van der Waals surface area contributed by atoms with Crippen LogP contribution in [0.5, 0.6) is 0 Å². The fraction of sp³-hybridized carbons (Fsp3) is 0.364. The highest BCUT2D eigenvalue weighted by Crippen LogP contribution is 2.44. The van der Waals surface area contributed by atoms with Crippen molar-refractivity contribution in [3.05, 3.63) is 64.1 Å². The zero-order valence-electron chi connectivity index (χ0n) is 16.8. The van der Waals surface area contributed by atoms with Crippen LogP contribution in [0.2, 0.25) is 5.02 Å². The number of amides is 1. The van der Waals surface area contributed by atoms with Crippen molar-refractivity contribution in [2.24, 2.45) is 7.05 Å². The van der Waals surface area contributed by atoms with Crippen LogP contribution in [0, 0.1) is 12.7 Å². The van der Waals surface area contributed by atoms with E-state index < -0.39 is 5.82 Å². The molecule has 0 radical (unpaired) electrons. The molecule has 154 valence electrons. The average molecular weight is 426 g/mol. The Balaban J connectivity index is 1.61. The molecule has 0 saturated carbocycles. The summed E-state index contributed by atoms with van der Waals surface area (Å²) in [6.45, 7) is 1.86. The molecule has 2 bridgehead atoms. The van der Waals surface area contributed by atoms with E-state index in [4.69, 9.17) is 21.6 Å². The number of carbonyl (C=O) groups is 1. The van der Waals surface area contributed by atoms with Gasteiger partial charge in [-0.1, -0.05) is 11.6 Å². The lowest BCUT2D eigenvalue weighted by Crippen LogP contribution is -2.50. The Hall–Kier alpha value is -2.80. The fourth-order valence-electron chi connectivity index (χ4n) is 4.77. The SMILES string of the molecule is Cc1nc(-c2cnn(C)c2)c2c(n1)[C@H]1CCC[C@@H](C2)N1C(=O)c1ccc(Cl)cc1F. The summed E-state index contributed by atoms with van der Waals surface area (Å²) in [5, 5.41) is 4.56. The maximum Gasteiger partial charge on any atom is 0.257 e. The predicted molar refractivity (Wildman–Crippen MR) is 111 cm³/mol. The highest BCUT2D eigenvalue weighted by molar-refractivity contribution is 6.30. The fourth-order valence-corrected chi connectivity index (χ4v) is 4.93. The van der Waals surface area contributed by atoms with Gasteiger partial charge < -0.3 is 4.90 Å². The van der Waals surface area contributed by atoms with Crippen LogP contribution in [0.4, 0.5) is 4.39 Å². The minimum atomic E-state index is -0.591. The van der Waals surface area contributed by atoms with Crippen LogP contribution in [0.1, 0.15) is 52.7 Å². The Morgan fingerprint density at radius 2 is 2.10 bits per heavy atom. The topological polar surface area (TPSA) is 63.9 Å². The standard InChI is InChI=1S/C22H21ClFN5O/c1-12-26-20(13-10-25-28(2)11-13)17-9-15-4-3-5-19(21(17)27-12)29(15)22(30)16-7-6-14(23)8-18(16)24/h6-8,10-11,15,19H,3-5,9H2,1-2H3/t15-,19+/m0/s1. The van der Waals surface area contributed by atoms with Crippen LogP contribution in [0.25, 0.3) is 11.3 Å². The summed E-state index contributed by atoms with van der Waals surface area (Å²) < 4.78 is 16.3. The number of halogens is 2. The van der Waals surface area contributed by atoms with Crippen molar-refractivity contribution in [3.8, 4) is 11.3 Å². The zero-order chi connectivity index (χ0) is 21.0. The van der Waals surface area contributed by atoms with Gasteiger partial charge in [0.25, 0.3) is 5.91 Å². The largest absolute Gasteiger partial charge is 0.327 e. The summed E-state index contributed by atoms with van der Waals surface area (Å²) in [4.78, 5) is 24.7. The van der Waals surface area contributed by atoms with Crippen molar-refractivity contribution in [2.45, 2.75) is 44.7 Å². The lowest BCUT2D eigenvalue weighted by molar-refractivity contribution is 0.0384. The molecule has 1 amide bonds. The third kappa shape index (κ3) is 3.08. The number of nitrogens with zero attached hydrogens (tertiary/aromatic N) is 5. The molecule has 5 rings (SSSR count). The molecule has 1 fully saturated rings. The maximum atomic E-state index is 14.5. The van der Waals surface area contributed by atoms with E-state index in [0.29, 0.717) is 12.2 Å². The second-order valence-corrected chi connectivity index (χ2v) is 8.46. The molecular weight excluding hydrogens is 405 g/mol. The van der Waals surface area contributed by atoms with Gasteiger partial charge in [-0.3, -0.25) is 9.48 Å². The van der Waals surface area contributed by atoms with E-state index in [2.05, 4.69) is 5.10 Å². The number of hydrogen-bond acceptors (Lipinski definition) is 4. The molecule has 0 spiro atoms. The minimum Gasteiger partial charge on any atom is -0.327 e. The molecule has 30 heavy (non-hydrogen) atoms. The monoisotopic (exact) mass is 425 g/mol. The number of carbonyl (C=O) groups excluding carboxylic acids is 1. The molecule has 0 N–H and O–H groups in total. The average Bonchev–Trinajstić information content (AvgIpc) is 3.13. The molecular formula is C22H21ClFN5O. The molecule has 2 aliphatic heterocycles. The second kappa shape index (κ2) is 7.16. The zero-order valence-corrected chi connectivity index (χ0v) is 17.5. The number of aromatic nitrogens is 4. The van der Waals surface area contributed by atoms with Gasteiger partial charge in [0.2, 0.25) is 0 Å². The van der Waals surface area contributed by atoms with Crippen molar-refractivity contribution in [3.63, 3.8) is 0 Å². The summed E-state index contributed by atoms with van der Waals surface area (Å²) in [6.07, 6.45) is 7.08. The van der Waals surface area contributed by atoms with Gasteiger partial charge in [-0.05, 0) is 50.8 Å². The van der Waals surface area contributed by atoms with E-state index >= 15 is 0 Å². The molecule has 2 atom stereocenters. The van der Waals surface area contributed by atoms with Crippen molar-refractivity contribution in [2.75, 3.05) is 0 Å². The van der Waals surface area contributed by atoms with Crippen LogP contribution in [0.15, 0.2) is 30.6 Å². The molecule has 4 heterocycles. The number of piperidine rings is 1. The van der Waals surface area contributed by atoms with Crippen molar-refractivity contribution in [1.82, 2.24) is 24.6 Å². The molecule has 6 nitrogen and oxygen atoms in total. The van der Waals surface area contributed by atoms with Crippen molar-refractivity contribution < 1.29 is 9.18 Å². The summed E-state index contributed by atoms with van der Waals surface area (Å²) in [5.41, 5.74) is 3.83. The van der Waals surface area contributed by atoms with E-state index in [1.165, 1.54) is 12.1 Å². The minimum absolute atomic E-state index is 0.0134. The highest BCUT2D eigenvalue weighted by atomic mass is 35.5. The van der Waals surface area contributed by atoms with Gasteiger partial charge in [0.15, 0.2) is 0 Å². The first kappa shape index (κ1) is 19.2. The quantitative estimate of drug-likeness (QED) is 0.615. The molecule has 0 aliphatic carbocycles. The van der Waals surface area contributed by atoms with Crippen LogP contribution in [-0.4, -0.2) is 36.6 Å². The molecule has 1 saturated heterocycles. The van der Waals surface area contributed by atoms with Gasteiger partial charge in [-0.2, -0.15) is 5.10 Å². The normalized spacial score (nSPS) is 20.2. The Morgan fingerprint density at radius 1 is 1.27 bits per heavy atom. The van der Waals surface area contributed by atoms with Gasteiger partial charge in [-0.25, -0.2) is 14.4 Å². The van der Waals surface area contributed by atoms with Gasteiger partial charge in [0.05, 0.1) is 29.2 Å². The Kier molecular flexibility index (Phi) is 4.58. The molecule has 2 aliphatic rings. The van der Waals surface area contributed by atoms with Gasteiger partial charge >= 0.3 is 0 Å². The Bertz CT molecular complexity index is 1160. The van der Waals surface area contributed by atoms with Crippen LogP contribution >= 0.6 is 11.6 Å². The maximum absolute atomic E-state index is 14.5. The first-order valence-corrected chi connectivity index (χ1v) is 10.4. The first-order chi connectivity index (χ1) is 14.4. The number of hydrogen-bond donors (Lipinski definition) is 0. The van der Waals surface area contributed by atoms with Crippen LogP contribution in [0.3, 0.4) is 0 Å². The predicted octanol–water partition coefficient (Wildman–Crippen LogP) is 4.27. The number of aryl methyl sites for hydroxylation is 2. The second-order valence-electron chi connectivity index (χ2n) is 8.03. The molecule has 0 unspecified atom stereocenters.